The Morgan fingerprint density at radius 2 is 1.19 bits per heavy atom. The monoisotopic (exact) mass is 508 g/mol. The Morgan fingerprint density at radius 3 is 1.81 bits per heavy atom. The van der Waals surface area contributed by atoms with Gasteiger partial charge in [-0.15, -0.1) is 0 Å². The fraction of sp³-hybridized carbons (Fsp3) is 0.455. The Morgan fingerprint density at radius 1 is 0.667 bits per heavy atom. The van der Waals surface area contributed by atoms with Crippen molar-refractivity contribution in [1.29, 1.82) is 0 Å². The quantitative estimate of drug-likeness (QED) is 0.178. The van der Waals surface area contributed by atoms with Crippen molar-refractivity contribution in [3.63, 3.8) is 0 Å². The summed E-state index contributed by atoms with van der Waals surface area (Å²) in [5.74, 6) is 0.176. The predicted octanol–water partition coefficient (Wildman–Crippen LogP) is 10.0. The first-order valence-electron chi connectivity index (χ1n) is 13.8. The summed E-state index contributed by atoms with van der Waals surface area (Å²) in [6.07, 6.45) is 14.1. The number of hydrogen-bond donors (Lipinski definition) is 0. The summed E-state index contributed by atoms with van der Waals surface area (Å²) in [7, 11) is 0. The van der Waals surface area contributed by atoms with Crippen LogP contribution in [0.25, 0.3) is 0 Å². The normalized spacial score (nSPS) is 17.9. The van der Waals surface area contributed by atoms with Crippen LogP contribution in [-0.2, 0) is 25.7 Å². The predicted molar refractivity (Wildman–Crippen MR) is 148 cm³/mol. The lowest BCUT2D eigenvalue weighted by Gasteiger charge is -2.29. The van der Waals surface area contributed by atoms with E-state index in [0.717, 1.165) is 24.7 Å². The SMILES string of the molecule is CCCCCc1ccc(C2CCC(CCc3ccc(CCc4cc(F)c(Cl)c(F)c4)cc3)CC2)cc1. The molecule has 36 heavy (non-hydrogen) atoms. The van der Waals surface area contributed by atoms with Crippen LogP contribution in [0.1, 0.15) is 92.0 Å². The summed E-state index contributed by atoms with van der Waals surface area (Å²) in [5, 5.41) is -0.427. The first kappa shape index (κ1) is 26.9. The van der Waals surface area contributed by atoms with Crippen molar-refractivity contribution in [3.8, 4) is 0 Å². The molecule has 4 rings (SSSR count). The molecule has 0 bridgehead atoms. The second-order valence-electron chi connectivity index (χ2n) is 10.6. The minimum absolute atomic E-state index is 0.427. The Balaban J connectivity index is 1.18. The van der Waals surface area contributed by atoms with Gasteiger partial charge in [0.2, 0.25) is 0 Å². The molecule has 192 valence electrons. The largest absolute Gasteiger partial charge is 0.205 e. The van der Waals surface area contributed by atoms with Crippen LogP contribution in [0.15, 0.2) is 60.7 Å². The molecule has 0 unspecified atom stereocenters. The lowest BCUT2D eigenvalue weighted by atomic mass is 9.77. The lowest BCUT2D eigenvalue weighted by molar-refractivity contribution is 0.310. The van der Waals surface area contributed by atoms with Crippen molar-refractivity contribution in [2.75, 3.05) is 0 Å². The first-order chi connectivity index (χ1) is 17.5. The van der Waals surface area contributed by atoms with E-state index in [9.17, 15) is 8.78 Å². The Kier molecular flexibility index (Phi) is 9.98. The van der Waals surface area contributed by atoms with Gasteiger partial charge in [-0.05, 0) is 116 Å². The highest BCUT2D eigenvalue weighted by Gasteiger charge is 2.22. The third-order valence-corrected chi connectivity index (χ3v) is 8.34. The zero-order valence-corrected chi connectivity index (χ0v) is 22.3. The Hall–Kier alpha value is -2.19. The molecule has 0 amide bonds. The molecule has 1 saturated carbocycles. The zero-order valence-electron chi connectivity index (χ0n) is 21.5. The van der Waals surface area contributed by atoms with Crippen molar-refractivity contribution in [3.05, 3.63) is 105 Å². The molecule has 0 aromatic heterocycles. The second kappa shape index (κ2) is 13.4. The molecule has 1 aliphatic rings. The van der Waals surface area contributed by atoms with Gasteiger partial charge in [0.25, 0.3) is 0 Å². The van der Waals surface area contributed by atoms with E-state index in [4.69, 9.17) is 11.6 Å². The number of halogens is 3. The average molecular weight is 509 g/mol. The van der Waals surface area contributed by atoms with Crippen LogP contribution in [0.3, 0.4) is 0 Å². The lowest BCUT2D eigenvalue weighted by Crippen LogP contribution is -2.14. The van der Waals surface area contributed by atoms with Crippen LogP contribution in [0.4, 0.5) is 8.78 Å². The van der Waals surface area contributed by atoms with Crippen molar-refractivity contribution in [1.82, 2.24) is 0 Å². The van der Waals surface area contributed by atoms with Crippen LogP contribution >= 0.6 is 11.6 Å². The molecule has 3 aromatic rings. The molecule has 0 N–H and O–H groups in total. The number of unbranched alkanes of at least 4 members (excludes halogenated alkanes) is 2. The van der Waals surface area contributed by atoms with Gasteiger partial charge in [0, 0.05) is 0 Å². The van der Waals surface area contributed by atoms with E-state index in [-0.39, 0.29) is 0 Å². The fourth-order valence-electron chi connectivity index (χ4n) is 5.60. The highest BCUT2D eigenvalue weighted by Crippen LogP contribution is 2.37. The van der Waals surface area contributed by atoms with Gasteiger partial charge in [0.05, 0.1) is 0 Å². The Bertz CT molecular complexity index is 1060. The highest BCUT2D eigenvalue weighted by atomic mass is 35.5. The molecule has 0 aliphatic heterocycles. The molecular weight excluding hydrogens is 470 g/mol. The molecule has 0 atom stereocenters. The number of aryl methyl sites for hydroxylation is 4. The van der Waals surface area contributed by atoms with Crippen LogP contribution < -0.4 is 0 Å². The smallest absolute Gasteiger partial charge is 0.145 e. The molecule has 0 radical (unpaired) electrons. The second-order valence-corrected chi connectivity index (χ2v) is 11.0. The molecule has 0 heterocycles. The number of hydrogen-bond acceptors (Lipinski definition) is 0. The summed E-state index contributed by atoms with van der Waals surface area (Å²) < 4.78 is 27.3. The maximum Gasteiger partial charge on any atom is 0.145 e. The molecule has 3 aromatic carbocycles. The summed E-state index contributed by atoms with van der Waals surface area (Å²) in [4.78, 5) is 0. The standard InChI is InChI=1S/C33H39ClF2/c1-2-3-4-5-24-14-18-29(19-15-24)30-20-16-27(17-21-30)11-10-25-6-8-26(9-7-25)12-13-28-22-31(35)33(34)32(36)23-28/h6-9,14-15,18-19,22-23,27,30H,2-5,10-13,16-17,20-21H2,1H3. The van der Waals surface area contributed by atoms with Gasteiger partial charge in [0.15, 0.2) is 0 Å². The van der Waals surface area contributed by atoms with E-state index in [1.54, 1.807) is 0 Å². The van der Waals surface area contributed by atoms with E-state index in [0.29, 0.717) is 12.0 Å². The zero-order chi connectivity index (χ0) is 25.3. The minimum Gasteiger partial charge on any atom is -0.205 e. The third kappa shape index (κ3) is 7.65. The third-order valence-electron chi connectivity index (χ3n) is 7.98. The maximum absolute atomic E-state index is 13.7. The number of rotatable bonds is 11. The van der Waals surface area contributed by atoms with Crippen LogP contribution in [0, 0.1) is 17.6 Å². The minimum atomic E-state index is -0.688. The van der Waals surface area contributed by atoms with E-state index < -0.39 is 16.7 Å². The van der Waals surface area contributed by atoms with Crippen LogP contribution in [0.5, 0.6) is 0 Å². The number of benzene rings is 3. The summed E-state index contributed by atoms with van der Waals surface area (Å²) in [5.41, 5.74) is 6.22. The van der Waals surface area contributed by atoms with Crippen LogP contribution in [-0.4, -0.2) is 0 Å². The maximum atomic E-state index is 13.7. The van der Waals surface area contributed by atoms with Gasteiger partial charge < -0.3 is 0 Å². The van der Waals surface area contributed by atoms with Gasteiger partial charge in [-0.25, -0.2) is 8.78 Å². The first-order valence-corrected chi connectivity index (χ1v) is 14.2. The van der Waals surface area contributed by atoms with Gasteiger partial charge >= 0.3 is 0 Å². The van der Waals surface area contributed by atoms with Crippen LogP contribution in [0.2, 0.25) is 5.02 Å². The van der Waals surface area contributed by atoms with Crippen molar-refractivity contribution >= 4 is 11.6 Å². The summed E-state index contributed by atoms with van der Waals surface area (Å²) in [6.45, 7) is 2.26. The fourth-order valence-corrected chi connectivity index (χ4v) is 5.71. The molecule has 0 spiro atoms. The van der Waals surface area contributed by atoms with Crippen molar-refractivity contribution in [2.24, 2.45) is 5.92 Å². The molecular formula is C33H39ClF2. The van der Waals surface area contributed by atoms with E-state index in [1.165, 1.54) is 92.2 Å². The van der Waals surface area contributed by atoms with Gasteiger partial charge in [-0.1, -0.05) is 79.9 Å². The van der Waals surface area contributed by atoms with E-state index in [2.05, 4.69) is 55.5 Å². The summed E-state index contributed by atoms with van der Waals surface area (Å²) in [6, 6.07) is 20.9. The van der Waals surface area contributed by atoms with Gasteiger partial charge in [-0.3, -0.25) is 0 Å². The van der Waals surface area contributed by atoms with Crippen molar-refractivity contribution < 1.29 is 8.78 Å². The van der Waals surface area contributed by atoms with E-state index in [1.807, 2.05) is 0 Å². The summed E-state index contributed by atoms with van der Waals surface area (Å²) >= 11 is 5.58. The molecule has 0 saturated heterocycles. The molecule has 3 heteroatoms. The highest BCUT2D eigenvalue weighted by molar-refractivity contribution is 6.30. The van der Waals surface area contributed by atoms with Gasteiger partial charge in [-0.2, -0.15) is 0 Å². The molecule has 1 fully saturated rings. The Labute approximate surface area is 221 Å². The molecule has 1 aliphatic carbocycles. The van der Waals surface area contributed by atoms with E-state index >= 15 is 0 Å². The average Bonchev–Trinajstić information content (AvgIpc) is 2.91. The topological polar surface area (TPSA) is 0 Å². The van der Waals surface area contributed by atoms with Gasteiger partial charge in [0.1, 0.15) is 16.7 Å². The van der Waals surface area contributed by atoms with Crippen molar-refractivity contribution in [2.45, 2.75) is 89.9 Å². The molecule has 0 nitrogen and oxygen atoms in total.